The predicted octanol–water partition coefficient (Wildman–Crippen LogP) is 2.51. The van der Waals surface area contributed by atoms with Crippen molar-refractivity contribution in [1.82, 2.24) is 0 Å². The molecule has 0 aromatic heterocycles. The SMILES string of the molecule is CC(C#N)CC(CC#N)S(C)(C)C. The van der Waals surface area contributed by atoms with Crippen LogP contribution in [0.25, 0.3) is 0 Å². The molecule has 0 heterocycles. The fourth-order valence-corrected chi connectivity index (χ4v) is 2.61. The lowest BCUT2D eigenvalue weighted by molar-refractivity contribution is 0.634. The maximum atomic E-state index is 8.69. The molecule has 0 fully saturated rings. The summed E-state index contributed by atoms with van der Waals surface area (Å²) in [5.74, 6) is 0.0741. The van der Waals surface area contributed by atoms with Gasteiger partial charge in [0.15, 0.2) is 0 Å². The van der Waals surface area contributed by atoms with E-state index in [1.54, 1.807) is 0 Å². The summed E-state index contributed by atoms with van der Waals surface area (Å²) < 4.78 is 0. The molecule has 13 heavy (non-hydrogen) atoms. The molecule has 0 aliphatic rings. The van der Waals surface area contributed by atoms with E-state index in [0.717, 1.165) is 6.42 Å². The molecule has 74 valence electrons. The van der Waals surface area contributed by atoms with Crippen LogP contribution in [0.5, 0.6) is 0 Å². The highest BCUT2D eigenvalue weighted by atomic mass is 32.3. The van der Waals surface area contributed by atoms with Gasteiger partial charge in [0.25, 0.3) is 0 Å². The van der Waals surface area contributed by atoms with E-state index >= 15 is 0 Å². The van der Waals surface area contributed by atoms with Crippen LogP contribution in [-0.2, 0) is 0 Å². The van der Waals surface area contributed by atoms with Gasteiger partial charge in [-0.3, -0.25) is 0 Å². The van der Waals surface area contributed by atoms with Crippen molar-refractivity contribution in [3.63, 3.8) is 0 Å². The lowest BCUT2D eigenvalue weighted by Gasteiger charge is -2.35. The van der Waals surface area contributed by atoms with Gasteiger partial charge >= 0.3 is 0 Å². The molecule has 2 nitrogen and oxygen atoms in total. The molecule has 0 aliphatic carbocycles. The average Bonchev–Trinajstić information content (AvgIpc) is 2.01. The van der Waals surface area contributed by atoms with Crippen molar-refractivity contribution in [3.8, 4) is 12.1 Å². The first-order valence-corrected chi connectivity index (χ1v) is 7.27. The zero-order valence-corrected chi connectivity index (χ0v) is 9.69. The molecule has 2 atom stereocenters. The van der Waals surface area contributed by atoms with E-state index in [2.05, 4.69) is 30.9 Å². The van der Waals surface area contributed by atoms with E-state index in [9.17, 15) is 0 Å². The summed E-state index contributed by atoms with van der Waals surface area (Å²) in [6.07, 6.45) is 8.07. The molecule has 0 aromatic rings. The molecule has 0 saturated carbocycles. The maximum Gasteiger partial charge on any atom is 0.0653 e. The third-order valence-corrected chi connectivity index (χ3v) is 4.51. The van der Waals surface area contributed by atoms with Crippen LogP contribution < -0.4 is 0 Å². The lowest BCUT2D eigenvalue weighted by atomic mass is 10.1. The van der Waals surface area contributed by atoms with Crippen LogP contribution >= 0.6 is 10.0 Å². The normalized spacial score (nSPS) is 16.8. The van der Waals surface area contributed by atoms with Crippen molar-refractivity contribution in [2.75, 3.05) is 18.8 Å². The van der Waals surface area contributed by atoms with E-state index in [1.807, 2.05) is 6.92 Å². The minimum absolute atomic E-state index is 0.0741. The van der Waals surface area contributed by atoms with E-state index in [-0.39, 0.29) is 5.92 Å². The van der Waals surface area contributed by atoms with Gasteiger partial charge in [-0.2, -0.15) is 10.5 Å². The summed E-state index contributed by atoms with van der Waals surface area (Å²) in [4.78, 5) is 0. The summed E-state index contributed by atoms with van der Waals surface area (Å²) in [5, 5.41) is 17.8. The largest absolute Gasteiger partial charge is 0.246 e. The van der Waals surface area contributed by atoms with Gasteiger partial charge in [-0.05, 0) is 32.1 Å². The van der Waals surface area contributed by atoms with Crippen LogP contribution in [0.3, 0.4) is 0 Å². The van der Waals surface area contributed by atoms with Crippen molar-refractivity contribution < 1.29 is 0 Å². The van der Waals surface area contributed by atoms with Gasteiger partial charge in [0.05, 0.1) is 12.1 Å². The molecule has 0 radical (unpaired) electrons. The van der Waals surface area contributed by atoms with E-state index in [0.29, 0.717) is 11.7 Å². The van der Waals surface area contributed by atoms with Gasteiger partial charge in [-0.1, -0.05) is 0 Å². The first kappa shape index (κ1) is 12.3. The number of nitrogens with zero attached hydrogens (tertiary/aromatic N) is 2. The Labute approximate surface area is 82.9 Å². The average molecular weight is 198 g/mol. The molecule has 0 amide bonds. The van der Waals surface area contributed by atoms with Gasteiger partial charge in [0.2, 0.25) is 0 Å². The summed E-state index contributed by atoms with van der Waals surface area (Å²) in [5.41, 5.74) is 0. The maximum absolute atomic E-state index is 8.69. The highest BCUT2D eigenvalue weighted by molar-refractivity contribution is 8.32. The van der Waals surface area contributed by atoms with Crippen molar-refractivity contribution in [2.24, 2.45) is 5.92 Å². The minimum atomic E-state index is -0.706. The molecule has 2 unspecified atom stereocenters. The minimum Gasteiger partial charge on any atom is -0.246 e. The predicted molar refractivity (Wildman–Crippen MR) is 58.8 cm³/mol. The van der Waals surface area contributed by atoms with Gasteiger partial charge in [0, 0.05) is 17.6 Å². The quantitative estimate of drug-likeness (QED) is 0.697. The lowest BCUT2D eigenvalue weighted by Crippen LogP contribution is -2.18. The van der Waals surface area contributed by atoms with Crippen molar-refractivity contribution in [1.29, 1.82) is 10.5 Å². The Kier molecular flexibility index (Phi) is 4.88. The number of rotatable bonds is 4. The first-order valence-electron chi connectivity index (χ1n) is 4.35. The third kappa shape index (κ3) is 4.80. The second kappa shape index (κ2) is 5.14. The van der Waals surface area contributed by atoms with Crippen LogP contribution in [0.4, 0.5) is 0 Å². The Morgan fingerprint density at radius 3 is 2.08 bits per heavy atom. The number of hydrogen-bond donors (Lipinski definition) is 0. The molecule has 0 rings (SSSR count). The van der Waals surface area contributed by atoms with E-state index in [1.165, 1.54) is 0 Å². The fraction of sp³-hybridized carbons (Fsp3) is 0.800. The molecule has 0 N–H and O–H groups in total. The summed E-state index contributed by atoms with van der Waals surface area (Å²) in [7, 11) is -0.706. The van der Waals surface area contributed by atoms with Crippen LogP contribution in [0.15, 0.2) is 0 Å². The number of nitriles is 2. The Bertz CT molecular complexity index is 229. The molecule has 0 aliphatic heterocycles. The summed E-state index contributed by atoms with van der Waals surface area (Å²) >= 11 is 0. The zero-order valence-electron chi connectivity index (χ0n) is 8.87. The van der Waals surface area contributed by atoms with Crippen LogP contribution in [0.1, 0.15) is 19.8 Å². The highest BCUT2D eigenvalue weighted by Gasteiger charge is 2.21. The fourth-order valence-electron chi connectivity index (χ4n) is 1.17. The highest BCUT2D eigenvalue weighted by Crippen LogP contribution is 2.45. The standard InChI is InChI=1S/C10H18N2S/c1-9(8-12)7-10(5-6-11)13(2,3)4/h9-10H,5,7H2,1-4H3. The molecule has 0 aromatic carbocycles. The van der Waals surface area contributed by atoms with Crippen LogP contribution in [-0.4, -0.2) is 24.0 Å². The monoisotopic (exact) mass is 198 g/mol. The molecule has 0 saturated heterocycles. The molecule has 0 spiro atoms. The smallest absolute Gasteiger partial charge is 0.0653 e. The third-order valence-electron chi connectivity index (χ3n) is 2.16. The Hall–Kier alpha value is -0.670. The summed E-state index contributed by atoms with van der Waals surface area (Å²) in [6.45, 7) is 1.93. The van der Waals surface area contributed by atoms with Crippen molar-refractivity contribution in [3.05, 3.63) is 0 Å². The van der Waals surface area contributed by atoms with Crippen molar-refractivity contribution >= 4 is 10.0 Å². The van der Waals surface area contributed by atoms with Crippen molar-refractivity contribution in [2.45, 2.75) is 25.0 Å². The van der Waals surface area contributed by atoms with Crippen LogP contribution in [0.2, 0.25) is 0 Å². The molecule has 0 bridgehead atoms. The van der Waals surface area contributed by atoms with Gasteiger partial charge in [-0.15, -0.1) is 0 Å². The zero-order chi connectivity index (χ0) is 10.5. The molecular formula is C10H18N2S. The molecule has 3 heteroatoms. The Morgan fingerprint density at radius 2 is 1.77 bits per heavy atom. The molecular weight excluding hydrogens is 180 g/mol. The number of hydrogen-bond acceptors (Lipinski definition) is 2. The van der Waals surface area contributed by atoms with Crippen LogP contribution in [0, 0.1) is 28.6 Å². The summed E-state index contributed by atoms with van der Waals surface area (Å²) in [6, 6.07) is 4.45. The Balaban J connectivity index is 4.30. The van der Waals surface area contributed by atoms with E-state index in [4.69, 9.17) is 10.5 Å². The van der Waals surface area contributed by atoms with Gasteiger partial charge < -0.3 is 0 Å². The second-order valence-electron chi connectivity index (χ2n) is 4.18. The second-order valence-corrected chi connectivity index (χ2v) is 8.71. The Morgan fingerprint density at radius 1 is 1.23 bits per heavy atom. The van der Waals surface area contributed by atoms with Gasteiger partial charge in [0.1, 0.15) is 0 Å². The first-order chi connectivity index (χ1) is 5.91. The van der Waals surface area contributed by atoms with Gasteiger partial charge in [-0.25, -0.2) is 10.0 Å². The van der Waals surface area contributed by atoms with E-state index < -0.39 is 10.0 Å². The topological polar surface area (TPSA) is 47.6 Å².